The van der Waals surface area contributed by atoms with E-state index in [1.807, 2.05) is 26.0 Å². The quantitative estimate of drug-likeness (QED) is 0.0462. The molecule has 5 unspecified atom stereocenters. The first-order chi connectivity index (χ1) is 32.1. The minimum absolute atomic E-state index is 0.103. The van der Waals surface area contributed by atoms with Gasteiger partial charge in [0.25, 0.3) is 0 Å². The molecule has 0 aliphatic heterocycles. The van der Waals surface area contributed by atoms with Gasteiger partial charge in [-0.15, -0.1) is 0 Å². The largest absolute Gasteiger partial charge is 0.509 e. The van der Waals surface area contributed by atoms with Crippen LogP contribution >= 0.6 is 136 Å². The fraction of sp³-hybridized carbons (Fsp3) is 0.679. The topological polar surface area (TPSA) is 140 Å². The van der Waals surface area contributed by atoms with Crippen LogP contribution in [0.3, 0.4) is 0 Å². The zero-order chi connectivity index (χ0) is 49.8. The molecule has 4 aliphatic carbocycles. The van der Waals surface area contributed by atoms with Crippen molar-refractivity contribution >= 4 is 165 Å². The maximum absolute atomic E-state index is 13.8. The number of fused-ring (bicyclic) bond motifs is 5. The summed E-state index contributed by atoms with van der Waals surface area (Å²) in [6.45, 7) is 15.7. The SMILES string of the molecule is CCC(Cc1c(I)cc(I)c(N)c1I)C(=O)OCC(COC(=O)C(CC)Cc1c(I)cc(I)c(N)c1I)OC(=O)O[C@H]1CC[C@@]2(C)C(=CCC3C2CC[C@@]2(C)C3CC[C@@H]2[C@H](C)CCCC(C)C)C1. The summed E-state index contributed by atoms with van der Waals surface area (Å²) in [6, 6.07) is 4.05. The molecule has 0 heterocycles. The molecule has 2 aromatic rings. The number of esters is 2. The summed E-state index contributed by atoms with van der Waals surface area (Å²) in [6.07, 6.45) is 15.2. The highest BCUT2D eigenvalue weighted by atomic mass is 127. The predicted molar refractivity (Wildman–Crippen MR) is 323 cm³/mol. The third-order valence-electron chi connectivity index (χ3n) is 16.8. The molecule has 4 N–H and O–H groups in total. The molecular weight excluding hydrogens is 1540 g/mol. The highest BCUT2D eigenvalue weighted by Crippen LogP contribution is 2.67. The second kappa shape index (κ2) is 25.3. The lowest BCUT2D eigenvalue weighted by Gasteiger charge is -2.58. The maximum Gasteiger partial charge on any atom is 0.509 e. The van der Waals surface area contributed by atoms with Crippen LogP contribution in [0, 0.1) is 79.6 Å². The van der Waals surface area contributed by atoms with Crippen LogP contribution in [0.15, 0.2) is 23.8 Å². The average molecular weight is 1610 g/mol. The maximum atomic E-state index is 13.8. The first kappa shape index (κ1) is 57.6. The van der Waals surface area contributed by atoms with E-state index in [0.717, 1.165) is 75.5 Å². The number of halogens is 6. The highest BCUT2D eigenvalue weighted by molar-refractivity contribution is 14.1. The Labute approximate surface area is 488 Å². The van der Waals surface area contributed by atoms with E-state index < -0.39 is 36.0 Å². The number of hydrogen-bond acceptors (Lipinski definition) is 9. The third-order valence-corrected chi connectivity index (χ3v) is 22.9. The number of hydrogen-bond donors (Lipinski definition) is 2. The number of nitrogens with two attached hydrogens (primary N) is 2. The molecule has 0 radical (unpaired) electrons. The molecule has 4 aliphatic rings. The second-order valence-corrected chi connectivity index (χ2v) is 28.0. The van der Waals surface area contributed by atoms with E-state index >= 15 is 0 Å². The summed E-state index contributed by atoms with van der Waals surface area (Å²) in [5, 5.41) is 0. The number of carbonyl (C=O) groups is 3. The van der Waals surface area contributed by atoms with Crippen LogP contribution in [0.1, 0.15) is 143 Å². The molecule has 0 bridgehead atoms. The van der Waals surface area contributed by atoms with Crippen LogP contribution in [0.25, 0.3) is 0 Å². The summed E-state index contributed by atoms with van der Waals surface area (Å²) in [5.74, 6) is 2.77. The lowest BCUT2D eigenvalue weighted by molar-refractivity contribution is -0.159. The molecule has 3 saturated carbocycles. The lowest BCUT2D eigenvalue weighted by Crippen LogP contribution is -2.51. The Morgan fingerprint density at radius 3 is 1.82 bits per heavy atom. The van der Waals surface area contributed by atoms with Gasteiger partial charge in [0.15, 0.2) is 6.10 Å². The van der Waals surface area contributed by atoms with E-state index in [9.17, 15) is 14.4 Å². The van der Waals surface area contributed by atoms with Crippen LogP contribution in [-0.2, 0) is 41.4 Å². The smallest absolute Gasteiger partial charge is 0.461 e. The molecule has 378 valence electrons. The molecule has 2 aromatic carbocycles. The van der Waals surface area contributed by atoms with Gasteiger partial charge in [-0.05, 0) is 276 Å². The molecule has 0 aromatic heterocycles. The molecule has 10 atom stereocenters. The number of anilines is 2. The molecular formula is C53H72I6N2O7. The summed E-state index contributed by atoms with van der Waals surface area (Å²) in [4.78, 5) is 41.3. The Kier molecular flexibility index (Phi) is 21.4. The van der Waals surface area contributed by atoms with E-state index in [1.165, 1.54) is 50.5 Å². The first-order valence-corrected chi connectivity index (χ1v) is 31.3. The van der Waals surface area contributed by atoms with Gasteiger partial charge in [0.05, 0.1) is 23.2 Å². The standard InChI is InChI=1S/C53H72I6N2O7/c1-8-30(21-36-41(54)24-43(56)47(60)45(36)58)49(62)65-26-34(27-66-50(63)31(9-2)22-37-42(55)25-44(57)48(61)46(37)59)68-51(64)67-33-17-19-52(6)32(23-33)13-14-35-39-16-15-38(29(5)12-10-11-28(3)4)53(39,7)20-18-40(35)52/h13,24-25,28-31,33-35,38-40H,8-12,14-23,26-27,60-61H2,1-7H3/t29-,30?,31?,33+,34?,35?,38-,39?,40?,52+,53-/m1/s1. The van der Waals surface area contributed by atoms with Crippen LogP contribution in [0.4, 0.5) is 16.2 Å². The minimum Gasteiger partial charge on any atom is -0.461 e. The van der Waals surface area contributed by atoms with Gasteiger partial charge in [0.1, 0.15) is 19.3 Å². The Morgan fingerprint density at radius 2 is 1.29 bits per heavy atom. The van der Waals surface area contributed by atoms with Crippen molar-refractivity contribution in [3.05, 3.63) is 56.3 Å². The summed E-state index contributed by atoms with van der Waals surface area (Å²) in [7, 11) is 0. The Balaban J connectivity index is 1.11. The number of nitrogen functional groups attached to an aromatic ring is 2. The number of ether oxygens (including phenoxy) is 4. The molecule has 68 heavy (non-hydrogen) atoms. The van der Waals surface area contributed by atoms with Gasteiger partial charge in [-0.25, -0.2) is 4.79 Å². The molecule has 3 fully saturated rings. The third kappa shape index (κ3) is 13.2. The van der Waals surface area contributed by atoms with E-state index in [0.29, 0.717) is 60.7 Å². The van der Waals surface area contributed by atoms with Gasteiger partial charge < -0.3 is 30.4 Å². The number of allylic oxidation sites excluding steroid dienone is 1. The summed E-state index contributed by atoms with van der Waals surface area (Å²) >= 11 is 13.5. The van der Waals surface area contributed by atoms with E-state index in [2.05, 4.69) is 176 Å². The van der Waals surface area contributed by atoms with E-state index in [1.54, 1.807) is 0 Å². The van der Waals surface area contributed by atoms with Gasteiger partial charge in [0.2, 0.25) is 0 Å². The van der Waals surface area contributed by atoms with E-state index in [-0.39, 0.29) is 24.7 Å². The highest BCUT2D eigenvalue weighted by Gasteiger charge is 2.59. The van der Waals surface area contributed by atoms with Gasteiger partial charge in [0, 0.05) is 27.8 Å². The molecule has 0 amide bonds. The number of benzene rings is 2. The Bertz CT molecular complexity index is 2100. The van der Waals surface area contributed by atoms with Crippen molar-refractivity contribution in [1.29, 1.82) is 0 Å². The van der Waals surface area contributed by atoms with Gasteiger partial charge >= 0.3 is 18.1 Å². The van der Waals surface area contributed by atoms with Crippen molar-refractivity contribution < 1.29 is 33.3 Å². The van der Waals surface area contributed by atoms with Crippen molar-refractivity contribution in [2.75, 3.05) is 24.7 Å². The Hall–Kier alpha value is 0.370. The predicted octanol–water partition coefficient (Wildman–Crippen LogP) is 15.3. The van der Waals surface area contributed by atoms with Crippen LogP contribution in [-0.4, -0.2) is 43.5 Å². The molecule has 6 rings (SSSR count). The van der Waals surface area contributed by atoms with Crippen molar-refractivity contribution in [3.63, 3.8) is 0 Å². The van der Waals surface area contributed by atoms with Gasteiger partial charge in [-0.3, -0.25) is 9.59 Å². The van der Waals surface area contributed by atoms with E-state index in [4.69, 9.17) is 30.4 Å². The number of carbonyl (C=O) groups excluding carboxylic acids is 3. The van der Waals surface area contributed by atoms with Crippen molar-refractivity contribution in [2.24, 2.45) is 58.2 Å². The Morgan fingerprint density at radius 1 is 0.735 bits per heavy atom. The zero-order valence-electron chi connectivity index (χ0n) is 40.8. The fourth-order valence-electron chi connectivity index (χ4n) is 12.7. The lowest BCUT2D eigenvalue weighted by atomic mass is 9.47. The fourth-order valence-corrected chi connectivity index (χ4v) is 20.3. The summed E-state index contributed by atoms with van der Waals surface area (Å²) < 4.78 is 29.7. The van der Waals surface area contributed by atoms with Gasteiger partial charge in [-0.1, -0.05) is 79.4 Å². The van der Waals surface area contributed by atoms with Crippen molar-refractivity contribution in [3.8, 4) is 0 Å². The molecule has 15 heteroatoms. The molecule has 9 nitrogen and oxygen atoms in total. The monoisotopic (exact) mass is 1610 g/mol. The number of rotatable bonds is 19. The van der Waals surface area contributed by atoms with Crippen LogP contribution in [0.2, 0.25) is 0 Å². The van der Waals surface area contributed by atoms with Crippen LogP contribution < -0.4 is 11.5 Å². The van der Waals surface area contributed by atoms with Crippen molar-refractivity contribution in [2.45, 2.75) is 157 Å². The zero-order valence-corrected chi connectivity index (χ0v) is 53.8. The van der Waals surface area contributed by atoms with Crippen molar-refractivity contribution in [1.82, 2.24) is 0 Å². The minimum atomic E-state index is -1.07. The molecule has 0 saturated heterocycles. The van der Waals surface area contributed by atoms with Gasteiger partial charge in [-0.2, -0.15) is 0 Å². The first-order valence-electron chi connectivity index (χ1n) is 24.9. The normalized spacial score (nSPS) is 27.2. The summed E-state index contributed by atoms with van der Waals surface area (Å²) in [5.41, 5.74) is 18.1. The molecule has 0 spiro atoms. The second-order valence-electron chi connectivity index (χ2n) is 21.2. The van der Waals surface area contributed by atoms with Crippen LogP contribution in [0.5, 0.6) is 0 Å². The average Bonchev–Trinajstić information content (AvgIpc) is 3.65.